The number of hydrogen-bond donors (Lipinski definition) is 1. The van der Waals surface area contributed by atoms with Crippen LogP contribution in [0.5, 0.6) is 0 Å². The molecule has 2 aromatic rings. The Morgan fingerprint density at radius 2 is 2.00 bits per heavy atom. The van der Waals surface area contributed by atoms with Gasteiger partial charge in [0.1, 0.15) is 5.82 Å². The monoisotopic (exact) mass is 277 g/mol. The molecule has 4 heteroatoms. The molecule has 0 heterocycles. The maximum Gasteiger partial charge on any atom is 0.228 e. The summed E-state index contributed by atoms with van der Waals surface area (Å²) in [6.45, 7) is 1.87. The van der Waals surface area contributed by atoms with E-state index in [9.17, 15) is 9.18 Å². The average Bonchev–Trinajstić information content (AvgIpc) is 2.37. The van der Waals surface area contributed by atoms with Gasteiger partial charge in [-0.2, -0.15) is 0 Å². The quantitative estimate of drug-likeness (QED) is 0.904. The highest BCUT2D eigenvalue weighted by Gasteiger charge is 2.09. The van der Waals surface area contributed by atoms with Crippen LogP contribution < -0.4 is 5.32 Å². The summed E-state index contributed by atoms with van der Waals surface area (Å²) >= 11 is 5.87. The molecule has 0 atom stereocenters. The van der Waals surface area contributed by atoms with Gasteiger partial charge in [-0.25, -0.2) is 4.39 Å². The van der Waals surface area contributed by atoms with Crippen LogP contribution >= 0.6 is 11.6 Å². The SMILES string of the molecule is Cc1ccc(Cl)cc1NC(=O)Cc1ccccc1F. The number of halogens is 2. The van der Waals surface area contributed by atoms with Crippen molar-refractivity contribution in [2.45, 2.75) is 13.3 Å². The molecule has 0 aromatic heterocycles. The molecule has 19 heavy (non-hydrogen) atoms. The highest BCUT2D eigenvalue weighted by molar-refractivity contribution is 6.31. The molecular formula is C15H13ClFNO. The van der Waals surface area contributed by atoms with Crippen molar-refractivity contribution in [1.29, 1.82) is 0 Å². The molecule has 2 rings (SSSR count). The maximum absolute atomic E-state index is 13.4. The number of benzene rings is 2. The number of rotatable bonds is 3. The van der Waals surface area contributed by atoms with Gasteiger partial charge in [-0.15, -0.1) is 0 Å². The highest BCUT2D eigenvalue weighted by Crippen LogP contribution is 2.20. The van der Waals surface area contributed by atoms with Crippen molar-refractivity contribution < 1.29 is 9.18 Å². The van der Waals surface area contributed by atoms with E-state index in [0.29, 0.717) is 16.3 Å². The van der Waals surface area contributed by atoms with Gasteiger partial charge in [-0.05, 0) is 36.2 Å². The minimum Gasteiger partial charge on any atom is -0.326 e. The average molecular weight is 278 g/mol. The van der Waals surface area contributed by atoms with Gasteiger partial charge in [0.2, 0.25) is 5.91 Å². The van der Waals surface area contributed by atoms with Crippen LogP contribution in [0, 0.1) is 12.7 Å². The zero-order valence-corrected chi connectivity index (χ0v) is 11.2. The van der Waals surface area contributed by atoms with E-state index in [2.05, 4.69) is 5.32 Å². The Bertz CT molecular complexity index is 613. The standard InChI is InChI=1S/C15H13ClFNO/c1-10-6-7-12(16)9-14(10)18-15(19)8-11-4-2-3-5-13(11)17/h2-7,9H,8H2,1H3,(H,18,19). The molecule has 0 fully saturated rings. The van der Waals surface area contributed by atoms with E-state index in [1.165, 1.54) is 6.07 Å². The van der Waals surface area contributed by atoms with Gasteiger partial charge in [0, 0.05) is 10.7 Å². The lowest BCUT2D eigenvalue weighted by Crippen LogP contribution is -2.15. The van der Waals surface area contributed by atoms with Gasteiger partial charge >= 0.3 is 0 Å². The van der Waals surface area contributed by atoms with Gasteiger partial charge < -0.3 is 5.32 Å². The first-order valence-corrected chi connectivity index (χ1v) is 6.23. The van der Waals surface area contributed by atoms with E-state index in [0.717, 1.165) is 5.56 Å². The molecule has 2 aromatic carbocycles. The summed E-state index contributed by atoms with van der Waals surface area (Å²) in [7, 11) is 0. The highest BCUT2D eigenvalue weighted by atomic mass is 35.5. The smallest absolute Gasteiger partial charge is 0.228 e. The van der Waals surface area contributed by atoms with Crippen molar-refractivity contribution in [3.8, 4) is 0 Å². The van der Waals surface area contributed by atoms with Crippen LogP contribution in [0.3, 0.4) is 0 Å². The largest absolute Gasteiger partial charge is 0.326 e. The topological polar surface area (TPSA) is 29.1 Å². The van der Waals surface area contributed by atoms with Gasteiger partial charge in [0.05, 0.1) is 6.42 Å². The van der Waals surface area contributed by atoms with Gasteiger partial charge in [-0.1, -0.05) is 35.9 Å². The van der Waals surface area contributed by atoms with Crippen molar-refractivity contribution >= 4 is 23.2 Å². The normalized spacial score (nSPS) is 10.3. The fourth-order valence-electron chi connectivity index (χ4n) is 1.74. The van der Waals surface area contributed by atoms with Gasteiger partial charge in [0.25, 0.3) is 0 Å². The first-order chi connectivity index (χ1) is 9.06. The Kier molecular flexibility index (Phi) is 4.17. The second-order valence-electron chi connectivity index (χ2n) is 4.28. The summed E-state index contributed by atoms with van der Waals surface area (Å²) in [5.74, 6) is -0.643. The number of aryl methyl sites for hydroxylation is 1. The van der Waals surface area contributed by atoms with E-state index in [1.807, 2.05) is 13.0 Å². The summed E-state index contributed by atoms with van der Waals surface area (Å²) in [6.07, 6.45) is -0.00136. The molecule has 0 saturated carbocycles. The van der Waals surface area contributed by atoms with Crippen LogP contribution in [-0.2, 0) is 11.2 Å². The first kappa shape index (κ1) is 13.6. The third-order valence-corrected chi connectivity index (χ3v) is 3.02. The summed E-state index contributed by atoms with van der Waals surface area (Å²) in [5, 5.41) is 3.28. The molecule has 0 aliphatic carbocycles. The van der Waals surface area contributed by atoms with Crippen LogP contribution in [0.15, 0.2) is 42.5 Å². The van der Waals surface area contributed by atoms with Crippen LogP contribution in [0.1, 0.15) is 11.1 Å². The number of carbonyl (C=O) groups excluding carboxylic acids is 1. The number of nitrogens with one attached hydrogen (secondary N) is 1. The molecule has 0 radical (unpaired) electrons. The predicted octanol–water partition coefficient (Wildman–Crippen LogP) is 3.97. The van der Waals surface area contributed by atoms with E-state index in [1.54, 1.807) is 30.3 Å². The summed E-state index contributed by atoms with van der Waals surface area (Å²) in [6, 6.07) is 11.5. The Labute approximate surface area is 116 Å². The fraction of sp³-hybridized carbons (Fsp3) is 0.133. The first-order valence-electron chi connectivity index (χ1n) is 5.85. The number of anilines is 1. The van der Waals surface area contributed by atoms with E-state index in [-0.39, 0.29) is 18.1 Å². The Balaban J connectivity index is 2.10. The number of amides is 1. The van der Waals surface area contributed by atoms with E-state index in [4.69, 9.17) is 11.6 Å². The van der Waals surface area contributed by atoms with Crippen molar-refractivity contribution in [2.24, 2.45) is 0 Å². The van der Waals surface area contributed by atoms with Crippen LogP contribution in [0.2, 0.25) is 5.02 Å². The Morgan fingerprint density at radius 1 is 1.26 bits per heavy atom. The number of hydrogen-bond acceptors (Lipinski definition) is 1. The van der Waals surface area contributed by atoms with Crippen molar-refractivity contribution in [3.05, 3.63) is 64.4 Å². The fourth-order valence-corrected chi connectivity index (χ4v) is 1.91. The van der Waals surface area contributed by atoms with E-state index >= 15 is 0 Å². The third kappa shape index (κ3) is 3.55. The second kappa shape index (κ2) is 5.85. The minimum atomic E-state index is -0.375. The summed E-state index contributed by atoms with van der Waals surface area (Å²) < 4.78 is 13.4. The van der Waals surface area contributed by atoms with Crippen LogP contribution in [0.25, 0.3) is 0 Å². The molecule has 1 N–H and O–H groups in total. The molecule has 0 aliphatic heterocycles. The molecule has 98 valence electrons. The second-order valence-corrected chi connectivity index (χ2v) is 4.71. The minimum absolute atomic E-state index is 0.00136. The Hall–Kier alpha value is -1.87. The molecular weight excluding hydrogens is 265 g/mol. The zero-order valence-electron chi connectivity index (χ0n) is 10.4. The predicted molar refractivity (Wildman–Crippen MR) is 74.9 cm³/mol. The molecule has 0 spiro atoms. The van der Waals surface area contributed by atoms with Crippen LogP contribution in [0.4, 0.5) is 10.1 Å². The number of carbonyl (C=O) groups is 1. The van der Waals surface area contributed by atoms with Crippen molar-refractivity contribution in [1.82, 2.24) is 0 Å². The molecule has 1 amide bonds. The summed E-state index contributed by atoms with van der Waals surface area (Å²) in [5.41, 5.74) is 1.93. The molecule has 0 aliphatic rings. The Morgan fingerprint density at radius 3 is 2.74 bits per heavy atom. The van der Waals surface area contributed by atoms with Gasteiger partial charge in [0.15, 0.2) is 0 Å². The van der Waals surface area contributed by atoms with Gasteiger partial charge in [-0.3, -0.25) is 4.79 Å². The van der Waals surface area contributed by atoms with Crippen LogP contribution in [-0.4, -0.2) is 5.91 Å². The zero-order chi connectivity index (χ0) is 13.8. The van der Waals surface area contributed by atoms with E-state index < -0.39 is 0 Å². The summed E-state index contributed by atoms with van der Waals surface area (Å²) in [4.78, 5) is 11.9. The molecule has 2 nitrogen and oxygen atoms in total. The molecule has 0 unspecified atom stereocenters. The van der Waals surface area contributed by atoms with Crippen molar-refractivity contribution in [3.63, 3.8) is 0 Å². The lowest BCUT2D eigenvalue weighted by Gasteiger charge is -2.09. The lowest BCUT2D eigenvalue weighted by atomic mass is 10.1. The molecule has 0 saturated heterocycles. The lowest BCUT2D eigenvalue weighted by molar-refractivity contribution is -0.115. The maximum atomic E-state index is 13.4. The third-order valence-electron chi connectivity index (χ3n) is 2.78. The molecule has 0 bridgehead atoms. The van der Waals surface area contributed by atoms with Crippen molar-refractivity contribution in [2.75, 3.05) is 5.32 Å².